The van der Waals surface area contributed by atoms with Gasteiger partial charge in [-0.05, 0) is 39.4 Å². The first-order valence-electron chi connectivity index (χ1n) is 8.66. The number of hydrogen-bond acceptors (Lipinski definition) is 3. The molecule has 1 aromatic rings. The average Bonchev–Trinajstić information content (AvgIpc) is 3.13. The third kappa shape index (κ3) is 3.16. The van der Waals surface area contributed by atoms with Gasteiger partial charge in [0.2, 0.25) is 0 Å². The lowest BCUT2D eigenvalue weighted by Crippen LogP contribution is -2.54. The fourth-order valence-corrected chi connectivity index (χ4v) is 4.25. The number of nitrogens with zero attached hydrogens (tertiary/aromatic N) is 3. The van der Waals surface area contributed by atoms with Crippen LogP contribution >= 0.6 is 0 Å². The molecule has 1 atom stereocenters. The lowest BCUT2D eigenvalue weighted by atomic mass is 9.83. The summed E-state index contributed by atoms with van der Waals surface area (Å²) in [5.74, 6) is 0. The van der Waals surface area contributed by atoms with Crippen LogP contribution in [0.2, 0.25) is 0 Å². The predicted octanol–water partition coefficient (Wildman–Crippen LogP) is 3.21. The molecule has 4 heteroatoms. The summed E-state index contributed by atoms with van der Waals surface area (Å²) < 4.78 is 2.09. The first-order chi connectivity index (χ1) is 10.2. The number of hydrogen-bond donors (Lipinski definition) is 1. The summed E-state index contributed by atoms with van der Waals surface area (Å²) in [5.41, 5.74) is 1.61. The van der Waals surface area contributed by atoms with Crippen molar-refractivity contribution in [3.8, 4) is 0 Å². The molecule has 21 heavy (non-hydrogen) atoms. The summed E-state index contributed by atoms with van der Waals surface area (Å²) in [7, 11) is 2.10. The summed E-state index contributed by atoms with van der Waals surface area (Å²) in [6.45, 7) is 10.0. The molecule has 1 fully saturated rings. The number of aryl methyl sites for hydroxylation is 1. The molecule has 1 heterocycles. The van der Waals surface area contributed by atoms with E-state index < -0.39 is 0 Å². The molecule has 0 spiro atoms. The second-order valence-corrected chi connectivity index (χ2v) is 6.24. The number of nitrogens with one attached hydrogen (secondary N) is 1. The van der Waals surface area contributed by atoms with Crippen LogP contribution in [0.4, 0.5) is 0 Å². The van der Waals surface area contributed by atoms with Gasteiger partial charge in [0.15, 0.2) is 0 Å². The van der Waals surface area contributed by atoms with E-state index in [0.29, 0.717) is 6.04 Å². The average molecular weight is 292 g/mol. The molecule has 0 bridgehead atoms. The molecule has 1 aliphatic carbocycles. The van der Waals surface area contributed by atoms with Gasteiger partial charge in [-0.15, -0.1) is 0 Å². The zero-order chi connectivity index (χ0) is 15.3. The molecule has 1 aromatic heterocycles. The highest BCUT2D eigenvalue weighted by Gasteiger charge is 2.45. The van der Waals surface area contributed by atoms with Crippen molar-refractivity contribution in [2.75, 3.05) is 20.1 Å². The Bertz CT molecular complexity index is 416. The fourth-order valence-electron chi connectivity index (χ4n) is 4.25. The van der Waals surface area contributed by atoms with Crippen molar-refractivity contribution in [3.05, 3.63) is 18.0 Å². The van der Waals surface area contributed by atoms with Gasteiger partial charge in [0.05, 0.1) is 12.2 Å². The molecule has 4 nitrogen and oxygen atoms in total. The van der Waals surface area contributed by atoms with Crippen LogP contribution in [0.15, 0.2) is 12.4 Å². The molecule has 0 aromatic carbocycles. The van der Waals surface area contributed by atoms with Crippen LogP contribution in [0.1, 0.15) is 64.5 Å². The molecule has 0 amide bonds. The Balaban J connectivity index is 2.30. The van der Waals surface area contributed by atoms with E-state index in [2.05, 4.69) is 60.2 Å². The zero-order valence-corrected chi connectivity index (χ0v) is 14.2. The van der Waals surface area contributed by atoms with E-state index in [0.717, 1.165) is 26.1 Å². The maximum atomic E-state index is 4.55. The van der Waals surface area contributed by atoms with Gasteiger partial charge in [0, 0.05) is 23.8 Å². The third-order valence-electron chi connectivity index (χ3n) is 5.13. The van der Waals surface area contributed by atoms with Gasteiger partial charge in [-0.2, -0.15) is 5.10 Å². The number of rotatable bonds is 8. The van der Waals surface area contributed by atoms with Crippen LogP contribution in [0, 0.1) is 0 Å². The predicted molar refractivity (Wildman–Crippen MR) is 88.4 cm³/mol. The van der Waals surface area contributed by atoms with E-state index >= 15 is 0 Å². The Hall–Kier alpha value is -0.870. The van der Waals surface area contributed by atoms with Crippen molar-refractivity contribution in [1.29, 1.82) is 0 Å². The van der Waals surface area contributed by atoms with Crippen LogP contribution < -0.4 is 5.32 Å². The summed E-state index contributed by atoms with van der Waals surface area (Å²) in [6, 6.07) is 0.380. The van der Waals surface area contributed by atoms with E-state index in [1.807, 2.05) is 0 Å². The maximum Gasteiger partial charge on any atom is 0.0538 e. The van der Waals surface area contributed by atoms with Gasteiger partial charge in [0.1, 0.15) is 0 Å². The Labute approximate surface area is 129 Å². The highest BCUT2D eigenvalue weighted by atomic mass is 15.3. The van der Waals surface area contributed by atoms with Crippen molar-refractivity contribution in [2.24, 2.45) is 0 Å². The molecule has 1 saturated carbocycles. The summed E-state index contributed by atoms with van der Waals surface area (Å²) in [5, 5.41) is 8.16. The number of likely N-dealkylation sites (N-methyl/N-ethyl adjacent to an activating group) is 2. The smallest absolute Gasteiger partial charge is 0.0538 e. The Morgan fingerprint density at radius 3 is 2.48 bits per heavy atom. The van der Waals surface area contributed by atoms with E-state index in [-0.39, 0.29) is 5.54 Å². The fraction of sp³-hybridized carbons (Fsp3) is 0.824. The standard InChI is InChI=1S/C17H32N4/c1-5-12-21-14-15(13-19-21)16(18-4)17(10-8-9-11-17)20(6-2)7-3/h13-14,16,18H,5-12H2,1-4H3. The maximum absolute atomic E-state index is 4.55. The first kappa shape index (κ1) is 16.5. The van der Waals surface area contributed by atoms with Crippen molar-refractivity contribution in [3.63, 3.8) is 0 Å². The quantitative estimate of drug-likeness (QED) is 0.798. The molecule has 0 saturated heterocycles. The highest BCUT2D eigenvalue weighted by Crippen LogP contribution is 2.44. The lowest BCUT2D eigenvalue weighted by molar-refractivity contribution is 0.0655. The normalized spacial score (nSPS) is 19.3. The van der Waals surface area contributed by atoms with Crippen LogP contribution in [-0.4, -0.2) is 40.4 Å². The van der Waals surface area contributed by atoms with Crippen molar-refractivity contribution < 1.29 is 0 Å². The largest absolute Gasteiger partial charge is 0.311 e. The van der Waals surface area contributed by atoms with Crippen molar-refractivity contribution in [1.82, 2.24) is 20.0 Å². The minimum Gasteiger partial charge on any atom is -0.311 e. The molecule has 1 aliphatic rings. The third-order valence-corrected chi connectivity index (χ3v) is 5.13. The van der Waals surface area contributed by atoms with E-state index in [4.69, 9.17) is 0 Å². The SMILES string of the molecule is CCCn1cc(C(NC)C2(N(CC)CC)CCCC2)cn1. The second kappa shape index (κ2) is 7.41. The topological polar surface area (TPSA) is 33.1 Å². The van der Waals surface area contributed by atoms with E-state index in [1.54, 1.807) is 0 Å². The van der Waals surface area contributed by atoms with Gasteiger partial charge in [-0.25, -0.2) is 0 Å². The molecule has 1 unspecified atom stereocenters. The molecule has 0 aliphatic heterocycles. The summed E-state index contributed by atoms with van der Waals surface area (Å²) in [6.07, 6.45) is 10.7. The van der Waals surface area contributed by atoms with Crippen molar-refractivity contribution in [2.45, 2.75) is 71.0 Å². The van der Waals surface area contributed by atoms with E-state index in [9.17, 15) is 0 Å². The van der Waals surface area contributed by atoms with Gasteiger partial charge < -0.3 is 5.32 Å². The molecule has 120 valence electrons. The first-order valence-corrected chi connectivity index (χ1v) is 8.66. The van der Waals surface area contributed by atoms with Gasteiger partial charge >= 0.3 is 0 Å². The molecular weight excluding hydrogens is 260 g/mol. The highest BCUT2D eigenvalue weighted by molar-refractivity contribution is 5.19. The molecule has 1 N–H and O–H groups in total. The number of aromatic nitrogens is 2. The van der Waals surface area contributed by atoms with Crippen LogP contribution in [0.25, 0.3) is 0 Å². The van der Waals surface area contributed by atoms with E-state index in [1.165, 1.54) is 31.2 Å². The molecular formula is C17H32N4. The van der Waals surface area contributed by atoms with Gasteiger partial charge in [-0.3, -0.25) is 9.58 Å². The Morgan fingerprint density at radius 1 is 1.29 bits per heavy atom. The minimum absolute atomic E-state index is 0.262. The Morgan fingerprint density at radius 2 is 1.95 bits per heavy atom. The monoisotopic (exact) mass is 292 g/mol. The molecule has 2 rings (SSSR count). The zero-order valence-electron chi connectivity index (χ0n) is 14.2. The van der Waals surface area contributed by atoms with Gasteiger partial charge in [0.25, 0.3) is 0 Å². The summed E-state index contributed by atoms with van der Waals surface area (Å²) >= 11 is 0. The Kier molecular flexibility index (Phi) is 5.82. The summed E-state index contributed by atoms with van der Waals surface area (Å²) in [4.78, 5) is 2.67. The minimum atomic E-state index is 0.262. The van der Waals surface area contributed by atoms with Gasteiger partial charge in [-0.1, -0.05) is 33.6 Å². The molecule has 0 radical (unpaired) electrons. The lowest BCUT2D eigenvalue weighted by Gasteiger charge is -2.46. The van der Waals surface area contributed by atoms with Crippen LogP contribution in [0.5, 0.6) is 0 Å². The van der Waals surface area contributed by atoms with Crippen molar-refractivity contribution >= 4 is 0 Å². The van der Waals surface area contributed by atoms with Crippen LogP contribution in [0.3, 0.4) is 0 Å². The van der Waals surface area contributed by atoms with Crippen LogP contribution in [-0.2, 0) is 6.54 Å². The second-order valence-electron chi connectivity index (χ2n) is 6.24.